The molecule has 9 heteroatoms. The smallest absolute Gasteiger partial charge is 0.355 e. The molecular weight excluding hydrogens is 342 g/mol. The molecule has 0 atom stereocenters. The Labute approximate surface area is 146 Å². The normalized spacial score (nSPS) is 10.5. The largest absolute Gasteiger partial charge is 0.464 e. The minimum atomic E-state index is -0.648. The zero-order chi connectivity index (χ0) is 18.7. The number of hydrogen-bond acceptors (Lipinski definition) is 7. The van der Waals surface area contributed by atoms with Gasteiger partial charge in [-0.05, 0) is 23.8 Å². The van der Waals surface area contributed by atoms with Crippen molar-refractivity contribution in [2.45, 2.75) is 6.61 Å². The Bertz CT molecular complexity index is 1010. The van der Waals surface area contributed by atoms with E-state index in [-0.39, 0.29) is 23.7 Å². The Kier molecular flexibility index (Phi) is 4.61. The van der Waals surface area contributed by atoms with Crippen molar-refractivity contribution in [1.29, 1.82) is 0 Å². The van der Waals surface area contributed by atoms with Crippen LogP contribution < -0.4 is 0 Å². The molecule has 3 aromatic rings. The van der Waals surface area contributed by atoms with Gasteiger partial charge in [0.15, 0.2) is 0 Å². The fourth-order valence-electron chi connectivity index (χ4n) is 2.70. The van der Waals surface area contributed by atoms with Crippen molar-refractivity contribution in [1.82, 2.24) is 9.55 Å². The molecule has 0 aliphatic rings. The Morgan fingerprint density at radius 2 is 2.15 bits per heavy atom. The van der Waals surface area contributed by atoms with Crippen LogP contribution in [0.4, 0.5) is 5.69 Å². The van der Waals surface area contributed by atoms with Crippen LogP contribution in [0, 0.1) is 10.1 Å². The monoisotopic (exact) mass is 355 g/mol. The topological polar surface area (TPSA) is 114 Å². The number of esters is 1. The Hall–Kier alpha value is -3.75. The highest BCUT2D eigenvalue weighted by atomic mass is 16.6. The molecule has 0 fully saturated rings. The molecule has 0 N–H and O–H groups in total. The molecule has 0 saturated heterocycles. The van der Waals surface area contributed by atoms with Gasteiger partial charge in [0, 0.05) is 17.6 Å². The van der Waals surface area contributed by atoms with E-state index >= 15 is 0 Å². The van der Waals surface area contributed by atoms with Crippen LogP contribution in [-0.2, 0) is 20.9 Å². The van der Waals surface area contributed by atoms with E-state index in [1.165, 1.54) is 30.1 Å². The van der Waals surface area contributed by atoms with Crippen molar-refractivity contribution in [3.05, 3.63) is 64.1 Å². The first kappa shape index (κ1) is 17.1. The van der Waals surface area contributed by atoms with E-state index in [0.717, 1.165) is 0 Å². The lowest BCUT2D eigenvalue weighted by Crippen LogP contribution is -2.10. The van der Waals surface area contributed by atoms with Gasteiger partial charge in [0.05, 0.1) is 23.7 Å². The molecule has 0 unspecified atom stereocenters. The first-order valence-corrected chi connectivity index (χ1v) is 7.43. The minimum absolute atomic E-state index is 0.0746. The van der Waals surface area contributed by atoms with Crippen molar-refractivity contribution in [3.63, 3.8) is 0 Å². The Morgan fingerprint density at radius 1 is 1.35 bits per heavy atom. The van der Waals surface area contributed by atoms with Gasteiger partial charge >= 0.3 is 5.97 Å². The number of nitro groups is 1. The van der Waals surface area contributed by atoms with Crippen LogP contribution in [0.3, 0.4) is 0 Å². The molecule has 0 amide bonds. The number of aromatic nitrogens is 2. The second-order valence-corrected chi connectivity index (χ2v) is 5.28. The molecule has 3 rings (SSSR count). The van der Waals surface area contributed by atoms with Crippen molar-refractivity contribution in [2.75, 3.05) is 7.11 Å². The van der Waals surface area contributed by atoms with E-state index in [9.17, 15) is 19.7 Å². The highest BCUT2D eigenvalue weighted by Crippen LogP contribution is 2.30. The molecule has 0 aliphatic carbocycles. The maximum absolute atomic E-state index is 12.2. The first-order chi connectivity index (χ1) is 12.6. The van der Waals surface area contributed by atoms with Gasteiger partial charge in [-0.1, -0.05) is 6.07 Å². The zero-order valence-corrected chi connectivity index (χ0v) is 13.6. The maximum atomic E-state index is 12.2. The van der Waals surface area contributed by atoms with Crippen molar-refractivity contribution in [3.8, 4) is 5.69 Å². The predicted molar refractivity (Wildman–Crippen MR) is 89.9 cm³/mol. The third kappa shape index (κ3) is 2.97. The number of fused-ring (bicyclic) bond motifs is 1. The fourth-order valence-corrected chi connectivity index (χ4v) is 2.70. The van der Waals surface area contributed by atoms with Gasteiger partial charge in [0.1, 0.15) is 18.0 Å². The molecule has 0 radical (unpaired) electrons. The summed E-state index contributed by atoms with van der Waals surface area (Å²) < 4.78 is 11.0. The summed E-state index contributed by atoms with van der Waals surface area (Å²) in [6.45, 7) is 0.416. The van der Waals surface area contributed by atoms with Gasteiger partial charge in [-0.2, -0.15) is 0 Å². The quantitative estimate of drug-likeness (QED) is 0.289. The summed E-state index contributed by atoms with van der Waals surface area (Å²) in [5.74, 6) is -0.648. The number of benzene rings is 1. The molecule has 0 spiro atoms. The minimum Gasteiger partial charge on any atom is -0.464 e. The van der Waals surface area contributed by atoms with Crippen LogP contribution in [-0.4, -0.2) is 34.0 Å². The SMILES string of the molecule is COC(=O)c1cc2cc(COC=O)ccc2n1-c1cnccc1[N+](=O)[O-]. The molecule has 1 aromatic carbocycles. The zero-order valence-electron chi connectivity index (χ0n) is 13.6. The van der Waals surface area contributed by atoms with E-state index in [4.69, 9.17) is 9.47 Å². The summed E-state index contributed by atoms with van der Waals surface area (Å²) in [5, 5.41) is 12.0. The number of rotatable bonds is 6. The average Bonchev–Trinajstić information content (AvgIpc) is 3.04. The van der Waals surface area contributed by atoms with Crippen LogP contribution in [0.1, 0.15) is 16.1 Å². The van der Waals surface area contributed by atoms with E-state index < -0.39 is 10.9 Å². The molecule has 2 heterocycles. The lowest BCUT2D eigenvalue weighted by molar-refractivity contribution is -0.384. The maximum Gasteiger partial charge on any atom is 0.355 e. The second kappa shape index (κ2) is 7.01. The van der Waals surface area contributed by atoms with Gasteiger partial charge < -0.3 is 9.47 Å². The van der Waals surface area contributed by atoms with Gasteiger partial charge in [0.25, 0.3) is 12.2 Å². The molecule has 132 valence electrons. The third-order valence-electron chi connectivity index (χ3n) is 3.79. The summed E-state index contributed by atoms with van der Waals surface area (Å²) in [7, 11) is 1.23. The van der Waals surface area contributed by atoms with Gasteiger partial charge in [-0.3, -0.25) is 24.5 Å². The number of hydrogen-bond donors (Lipinski definition) is 0. The highest BCUT2D eigenvalue weighted by Gasteiger charge is 2.23. The Balaban J connectivity index is 2.27. The van der Waals surface area contributed by atoms with E-state index in [2.05, 4.69) is 4.98 Å². The lowest BCUT2D eigenvalue weighted by Gasteiger charge is -2.10. The van der Waals surface area contributed by atoms with E-state index in [0.29, 0.717) is 22.9 Å². The predicted octanol–water partition coefficient (Wildman–Crippen LogP) is 2.39. The van der Waals surface area contributed by atoms with Gasteiger partial charge in [0.2, 0.25) is 0 Å². The second-order valence-electron chi connectivity index (χ2n) is 5.28. The number of nitrogens with zero attached hydrogens (tertiary/aromatic N) is 3. The molecule has 9 nitrogen and oxygen atoms in total. The molecule has 0 aliphatic heterocycles. The number of methoxy groups -OCH3 is 1. The number of ether oxygens (including phenoxy) is 2. The van der Waals surface area contributed by atoms with Crippen molar-refractivity contribution >= 4 is 29.0 Å². The van der Waals surface area contributed by atoms with Crippen LogP contribution >= 0.6 is 0 Å². The van der Waals surface area contributed by atoms with Crippen LogP contribution in [0.25, 0.3) is 16.6 Å². The summed E-state index contributed by atoms with van der Waals surface area (Å²) in [5.41, 5.74) is 1.32. The molecule has 2 aromatic heterocycles. The van der Waals surface area contributed by atoms with Crippen LogP contribution in [0.15, 0.2) is 42.7 Å². The molecule has 26 heavy (non-hydrogen) atoms. The number of carbonyl (C=O) groups excluding carboxylic acids is 2. The third-order valence-corrected chi connectivity index (χ3v) is 3.79. The van der Waals surface area contributed by atoms with Crippen molar-refractivity contribution < 1.29 is 24.0 Å². The van der Waals surface area contributed by atoms with E-state index in [1.54, 1.807) is 24.3 Å². The van der Waals surface area contributed by atoms with Gasteiger partial charge in [-0.15, -0.1) is 0 Å². The summed E-state index contributed by atoms with van der Waals surface area (Å²) in [6.07, 6.45) is 2.62. The summed E-state index contributed by atoms with van der Waals surface area (Å²) >= 11 is 0. The molecular formula is C17H13N3O6. The Morgan fingerprint density at radius 3 is 2.85 bits per heavy atom. The molecule has 0 bridgehead atoms. The summed E-state index contributed by atoms with van der Waals surface area (Å²) in [6, 6.07) is 7.92. The standard InChI is InChI=1S/C17H13N3O6/c1-25-17(22)15-7-12-6-11(9-26-10-21)2-3-13(12)19(15)16-8-18-5-4-14(16)20(23)24/h2-8,10H,9H2,1H3. The van der Waals surface area contributed by atoms with Crippen molar-refractivity contribution in [2.24, 2.45) is 0 Å². The van der Waals surface area contributed by atoms with Gasteiger partial charge in [-0.25, -0.2) is 4.79 Å². The number of pyridine rings is 1. The van der Waals surface area contributed by atoms with E-state index in [1.807, 2.05) is 0 Å². The first-order valence-electron chi connectivity index (χ1n) is 7.43. The summed E-state index contributed by atoms with van der Waals surface area (Å²) in [4.78, 5) is 37.3. The van der Waals surface area contributed by atoms with Crippen LogP contribution in [0.2, 0.25) is 0 Å². The average molecular weight is 355 g/mol. The fraction of sp³-hybridized carbons (Fsp3) is 0.118. The number of carbonyl (C=O) groups is 2. The molecule has 0 saturated carbocycles. The van der Waals surface area contributed by atoms with Crippen LogP contribution in [0.5, 0.6) is 0 Å². The lowest BCUT2D eigenvalue weighted by atomic mass is 10.1. The highest BCUT2D eigenvalue weighted by molar-refractivity contribution is 5.97.